The first-order chi connectivity index (χ1) is 15.1. The number of benzene rings is 1. The summed E-state index contributed by atoms with van der Waals surface area (Å²) in [6, 6.07) is 10.5. The van der Waals surface area contributed by atoms with Crippen LogP contribution in [0, 0.1) is 11.8 Å². The summed E-state index contributed by atoms with van der Waals surface area (Å²) in [5.41, 5.74) is 1.34. The van der Waals surface area contributed by atoms with Crippen LogP contribution >= 0.6 is 0 Å². The third-order valence-corrected chi connectivity index (χ3v) is 6.96. The van der Waals surface area contributed by atoms with Crippen LogP contribution in [-0.2, 0) is 20.9 Å². The third-order valence-electron chi connectivity index (χ3n) is 6.96. The number of fused-ring (bicyclic) bond motifs is 1. The second kappa shape index (κ2) is 10.4. The Morgan fingerprint density at radius 3 is 2.13 bits per heavy atom. The summed E-state index contributed by atoms with van der Waals surface area (Å²) in [5.74, 6) is -0.473. The predicted molar refractivity (Wildman–Crippen MR) is 118 cm³/mol. The second-order valence-corrected chi connectivity index (χ2v) is 9.03. The molecule has 1 saturated carbocycles. The summed E-state index contributed by atoms with van der Waals surface area (Å²) in [5, 5.41) is 2.95. The largest absolute Gasteiger partial charge is 0.355 e. The maximum Gasteiger partial charge on any atom is 0.233 e. The van der Waals surface area contributed by atoms with E-state index in [0.717, 1.165) is 65.0 Å². The minimum absolute atomic E-state index is 0.0594. The lowest BCUT2D eigenvalue weighted by Crippen LogP contribution is -2.48. The van der Waals surface area contributed by atoms with E-state index in [-0.39, 0.29) is 42.5 Å². The van der Waals surface area contributed by atoms with E-state index >= 15 is 0 Å². The van der Waals surface area contributed by atoms with Crippen molar-refractivity contribution >= 4 is 17.7 Å². The molecule has 7 heteroatoms. The van der Waals surface area contributed by atoms with Gasteiger partial charge in [-0.25, -0.2) is 0 Å². The zero-order valence-electron chi connectivity index (χ0n) is 18.3. The maximum atomic E-state index is 12.5. The molecule has 0 aromatic heterocycles. The highest BCUT2D eigenvalue weighted by Gasteiger charge is 2.47. The number of hydrogen-bond donors (Lipinski definition) is 1. The lowest BCUT2D eigenvalue weighted by molar-refractivity contribution is -0.140. The molecule has 0 radical (unpaired) electrons. The highest BCUT2D eigenvalue weighted by molar-refractivity contribution is 6.05. The van der Waals surface area contributed by atoms with Crippen LogP contribution in [0.25, 0.3) is 0 Å². The van der Waals surface area contributed by atoms with E-state index in [1.54, 1.807) is 0 Å². The topological polar surface area (TPSA) is 73.0 Å². The Labute approximate surface area is 184 Å². The van der Waals surface area contributed by atoms with E-state index in [2.05, 4.69) is 39.4 Å². The highest BCUT2D eigenvalue weighted by atomic mass is 16.2. The lowest BCUT2D eigenvalue weighted by Gasteiger charge is -2.34. The lowest BCUT2D eigenvalue weighted by atomic mass is 9.81. The van der Waals surface area contributed by atoms with Crippen LogP contribution in [0.1, 0.15) is 37.7 Å². The van der Waals surface area contributed by atoms with E-state index in [0.29, 0.717) is 6.54 Å². The van der Waals surface area contributed by atoms with Crippen molar-refractivity contribution in [3.8, 4) is 0 Å². The fourth-order valence-corrected chi connectivity index (χ4v) is 5.12. The zero-order chi connectivity index (χ0) is 21.6. The molecule has 1 aromatic carbocycles. The molecule has 1 N–H and O–H groups in total. The van der Waals surface area contributed by atoms with Gasteiger partial charge in [-0.05, 0) is 18.4 Å². The number of carbonyl (C=O) groups excluding carboxylic acids is 3. The number of hydrogen-bond acceptors (Lipinski definition) is 5. The summed E-state index contributed by atoms with van der Waals surface area (Å²) < 4.78 is 0. The summed E-state index contributed by atoms with van der Waals surface area (Å²) in [6.07, 6.45) is 3.87. The Balaban J connectivity index is 1.11. The zero-order valence-corrected chi connectivity index (χ0v) is 18.3. The molecule has 2 unspecified atom stereocenters. The maximum absolute atomic E-state index is 12.5. The van der Waals surface area contributed by atoms with E-state index in [9.17, 15) is 14.4 Å². The molecule has 2 atom stereocenters. The van der Waals surface area contributed by atoms with Gasteiger partial charge >= 0.3 is 0 Å². The van der Waals surface area contributed by atoms with Gasteiger partial charge in [0.25, 0.3) is 0 Å². The Morgan fingerprint density at radius 2 is 1.48 bits per heavy atom. The van der Waals surface area contributed by atoms with Gasteiger partial charge in [0.15, 0.2) is 0 Å². The fourth-order valence-electron chi connectivity index (χ4n) is 5.12. The van der Waals surface area contributed by atoms with Crippen molar-refractivity contribution in [2.75, 3.05) is 45.8 Å². The smallest absolute Gasteiger partial charge is 0.233 e. The first-order valence-corrected chi connectivity index (χ1v) is 11.7. The molecule has 168 valence electrons. The molecular weight excluding hydrogens is 392 g/mol. The van der Waals surface area contributed by atoms with Gasteiger partial charge in [0.1, 0.15) is 0 Å². The summed E-state index contributed by atoms with van der Waals surface area (Å²) >= 11 is 0. The fraction of sp³-hybridized carbons (Fsp3) is 0.625. The van der Waals surface area contributed by atoms with Gasteiger partial charge in [-0.1, -0.05) is 43.2 Å². The molecule has 3 aliphatic rings. The van der Waals surface area contributed by atoms with Crippen molar-refractivity contribution < 1.29 is 14.4 Å². The van der Waals surface area contributed by atoms with E-state index in [1.165, 1.54) is 10.5 Å². The molecule has 7 nitrogen and oxygen atoms in total. The summed E-state index contributed by atoms with van der Waals surface area (Å²) in [4.78, 5) is 43.4. The van der Waals surface area contributed by atoms with Crippen molar-refractivity contribution in [2.24, 2.45) is 11.8 Å². The van der Waals surface area contributed by atoms with Crippen LogP contribution in [0.3, 0.4) is 0 Å². The van der Waals surface area contributed by atoms with Gasteiger partial charge in [0.2, 0.25) is 17.7 Å². The molecule has 3 fully saturated rings. The van der Waals surface area contributed by atoms with Crippen molar-refractivity contribution in [3.05, 3.63) is 35.9 Å². The van der Waals surface area contributed by atoms with Crippen LogP contribution in [0.2, 0.25) is 0 Å². The Morgan fingerprint density at radius 1 is 0.871 bits per heavy atom. The van der Waals surface area contributed by atoms with E-state index in [1.807, 2.05) is 6.07 Å². The Hall–Kier alpha value is -2.25. The number of nitrogens with one attached hydrogen (secondary N) is 1. The average molecular weight is 427 g/mol. The van der Waals surface area contributed by atoms with Crippen LogP contribution in [-0.4, -0.2) is 78.2 Å². The van der Waals surface area contributed by atoms with Crippen molar-refractivity contribution in [1.29, 1.82) is 0 Å². The molecular formula is C24H34N4O3. The number of carbonyl (C=O) groups is 3. The monoisotopic (exact) mass is 426 g/mol. The third kappa shape index (κ3) is 5.52. The molecule has 2 aliphatic heterocycles. The van der Waals surface area contributed by atoms with Crippen LogP contribution in [0.15, 0.2) is 30.3 Å². The molecule has 2 saturated heterocycles. The van der Waals surface area contributed by atoms with Crippen LogP contribution in [0.5, 0.6) is 0 Å². The van der Waals surface area contributed by atoms with Gasteiger partial charge in [-0.3, -0.25) is 29.1 Å². The Bertz CT molecular complexity index is 752. The normalized spacial score (nSPS) is 25.0. The summed E-state index contributed by atoms with van der Waals surface area (Å²) in [7, 11) is 0. The SMILES string of the molecule is O=C(CCN1C(=O)C2CCCCC2C1=O)NCCN1CCN(Cc2ccccc2)CC1. The van der Waals surface area contributed by atoms with Gasteiger partial charge in [-0.15, -0.1) is 0 Å². The number of imide groups is 1. The van der Waals surface area contributed by atoms with Crippen molar-refractivity contribution in [2.45, 2.75) is 38.6 Å². The minimum Gasteiger partial charge on any atom is -0.355 e. The standard InChI is InChI=1S/C24H34N4O3/c29-22(10-12-28-23(30)20-8-4-5-9-21(20)24(28)31)25-11-13-26-14-16-27(17-15-26)18-19-6-2-1-3-7-19/h1-3,6-7,20-21H,4-5,8-18H2,(H,25,29). The average Bonchev–Trinajstić information content (AvgIpc) is 3.04. The van der Waals surface area contributed by atoms with Gasteiger partial charge in [0, 0.05) is 58.8 Å². The minimum atomic E-state index is -0.134. The molecule has 3 amide bonds. The molecule has 0 spiro atoms. The van der Waals surface area contributed by atoms with Crippen LogP contribution < -0.4 is 5.32 Å². The molecule has 0 bridgehead atoms. The van der Waals surface area contributed by atoms with E-state index in [4.69, 9.17) is 0 Å². The first-order valence-electron chi connectivity index (χ1n) is 11.7. The molecule has 1 aliphatic carbocycles. The second-order valence-electron chi connectivity index (χ2n) is 9.03. The predicted octanol–water partition coefficient (Wildman–Crippen LogP) is 1.49. The summed E-state index contributed by atoms with van der Waals surface area (Å²) in [6.45, 7) is 6.70. The number of nitrogens with zero attached hydrogens (tertiary/aromatic N) is 3. The quantitative estimate of drug-likeness (QED) is 0.638. The van der Waals surface area contributed by atoms with Crippen molar-refractivity contribution in [1.82, 2.24) is 20.0 Å². The first kappa shape index (κ1) is 22.0. The van der Waals surface area contributed by atoms with Gasteiger partial charge in [0.05, 0.1) is 11.8 Å². The van der Waals surface area contributed by atoms with Crippen molar-refractivity contribution in [3.63, 3.8) is 0 Å². The van der Waals surface area contributed by atoms with Crippen LogP contribution in [0.4, 0.5) is 0 Å². The van der Waals surface area contributed by atoms with E-state index < -0.39 is 0 Å². The highest BCUT2D eigenvalue weighted by Crippen LogP contribution is 2.37. The molecule has 2 heterocycles. The molecule has 1 aromatic rings. The number of amides is 3. The van der Waals surface area contributed by atoms with Gasteiger partial charge in [-0.2, -0.15) is 0 Å². The number of rotatable bonds is 8. The Kier molecular flexibility index (Phi) is 7.35. The molecule has 31 heavy (non-hydrogen) atoms. The number of likely N-dealkylation sites (tertiary alicyclic amines) is 1. The number of piperazine rings is 1. The molecule has 4 rings (SSSR count). The van der Waals surface area contributed by atoms with Gasteiger partial charge < -0.3 is 5.32 Å².